The summed E-state index contributed by atoms with van der Waals surface area (Å²) in [5, 5.41) is 0. The van der Waals surface area contributed by atoms with Gasteiger partial charge in [0, 0.05) is 12.1 Å². The van der Waals surface area contributed by atoms with Crippen LogP contribution in [0.4, 0.5) is 0 Å². The third kappa shape index (κ3) is 3.44. The largest absolute Gasteiger partial charge is 0.296 e. The maximum Gasteiger partial charge on any atom is 0.177 e. The molecule has 0 amide bonds. The summed E-state index contributed by atoms with van der Waals surface area (Å²) >= 11 is 0. The lowest BCUT2D eigenvalue weighted by atomic mass is 9.88. The molecule has 0 radical (unpaired) electrons. The molecule has 0 aliphatic carbocycles. The molecule has 1 saturated heterocycles. The van der Waals surface area contributed by atoms with Crippen LogP contribution in [0, 0.1) is 25.7 Å². The second-order valence-electron chi connectivity index (χ2n) is 6.22. The highest BCUT2D eigenvalue weighted by Crippen LogP contribution is 2.22. The van der Waals surface area contributed by atoms with Crippen molar-refractivity contribution in [3.8, 4) is 0 Å². The van der Waals surface area contributed by atoms with Crippen LogP contribution in [0.1, 0.15) is 41.8 Å². The summed E-state index contributed by atoms with van der Waals surface area (Å²) in [6.45, 7) is 11.4. The maximum absolute atomic E-state index is 12.4. The Hall–Kier alpha value is -1.15. The third-order valence-electron chi connectivity index (χ3n) is 4.48. The van der Waals surface area contributed by atoms with E-state index in [9.17, 15) is 4.79 Å². The average Bonchev–Trinajstić information content (AvgIpc) is 2.36. The SMILES string of the molecule is Cc1ccc(C)c(C(=O)CN2CCC(C)C(C)C2)c1. The summed E-state index contributed by atoms with van der Waals surface area (Å²) in [5.74, 6) is 1.75. The summed E-state index contributed by atoms with van der Waals surface area (Å²) in [5.41, 5.74) is 3.15. The van der Waals surface area contributed by atoms with Crippen LogP contribution in [0.25, 0.3) is 0 Å². The highest BCUT2D eigenvalue weighted by Gasteiger charge is 2.24. The van der Waals surface area contributed by atoms with Crippen molar-refractivity contribution in [2.24, 2.45) is 11.8 Å². The molecule has 2 rings (SSSR count). The molecular weight excluding hydrogens is 234 g/mol. The number of hydrogen-bond acceptors (Lipinski definition) is 2. The van der Waals surface area contributed by atoms with Gasteiger partial charge < -0.3 is 0 Å². The van der Waals surface area contributed by atoms with Crippen molar-refractivity contribution < 1.29 is 4.79 Å². The summed E-state index contributed by atoms with van der Waals surface area (Å²) < 4.78 is 0. The number of ketones is 1. The highest BCUT2D eigenvalue weighted by atomic mass is 16.1. The lowest BCUT2D eigenvalue weighted by molar-refractivity contribution is 0.0848. The minimum atomic E-state index is 0.267. The van der Waals surface area contributed by atoms with Gasteiger partial charge in [0.2, 0.25) is 0 Å². The predicted octanol–water partition coefficient (Wildman–Crippen LogP) is 3.46. The van der Waals surface area contributed by atoms with Gasteiger partial charge in [0.05, 0.1) is 6.54 Å². The normalized spacial score (nSPS) is 24.4. The number of aryl methyl sites for hydroxylation is 2. The van der Waals surface area contributed by atoms with E-state index < -0.39 is 0 Å². The van der Waals surface area contributed by atoms with E-state index in [4.69, 9.17) is 0 Å². The molecule has 0 spiro atoms. The van der Waals surface area contributed by atoms with Crippen LogP contribution in [0.2, 0.25) is 0 Å². The van der Waals surface area contributed by atoms with E-state index in [1.807, 2.05) is 26.0 Å². The van der Waals surface area contributed by atoms with Gasteiger partial charge in [-0.25, -0.2) is 0 Å². The zero-order chi connectivity index (χ0) is 14.0. The number of nitrogens with zero attached hydrogens (tertiary/aromatic N) is 1. The molecule has 1 aliphatic rings. The van der Waals surface area contributed by atoms with Crippen molar-refractivity contribution in [2.75, 3.05) is 19.6 Å². The Morgan fingerprint density at radius 2 is 2.00 bits per heavy atom. The van der Waals surface area contributed by atoms with E-state index in [1.165, 1.54) is 6.42 Å². The molecular formula is C17H25NO. The lowest BCUT2D eigenvalue weighted by Gasteiger charge is -2.34. The Morgan fingerprint density at radius 3 is 2.68 bits per heavy atom. The third-order valence-corrected chi connectivity index (χ3v) is 4.48. The minimum absolute atomic E-state index is 0.267. The van der Waals surface area contributed by atoms with Gasteiger partial charge in [-0.2, -0.15) is 0 Å². The van der Waals surface area contributed by atoms with Crippen LogP contribution >= 0.6 is 0 Å². The molecule has 1 aromatic rings. The van der Waals surface area contributed by atoms with Crippen LogP contribution in [0.5, 0.6) is 0 Å². The number of hydrogen-bond donors (Lipinski definition) is 0. The summed E-state index contributed by atoms with van der Waals surface area (Å²) in [6, 6.07) is 6.13. The molecule has 1 aromatic carbocycles. The first-order chi connectivity index (χ1) is 8.97. The van der Waals surface area contributed by atoms with Gasteiger partial charge in [-0.15, -0.1) is 0 Å². The molecule has 0 N–H and O–H groups in total. The van der Waals surface area contributed by atoms with Crippen LogP contribution < -0.4 is 0 Å². The topological polar surface area (TPSA) is 20.3 Å². The number of Topliss-reactive ketones (excluding diaryl/α,β-unsaturated/α-hetero) is 1. The monoisotopic (exact) mass is 259 g/mol. The first-order valence-corrected chi connectivity index (χ1v) is 7.30. The second-order valence-corrected chi connectivity index (χ2v) is 6.22. The number of piperidine rings is 1. The van der Waals surface area contributed by atoms with E-state index in [-0.39, 0.29) is 5.78 Å². The van der Waals surface area contributed by atoms with Gasteiger partial charge in [-0.1, -0.05) is 31.5 Å². The van der Waals surface area contributed by atoms with Crippen molar-refractivity contribution in [1.82, 2.24) is 4.90 Å². The van der Waals surface area contributed by atoms with Crippen LogP contribution in [0.3, 0.4) is 0 Å². The average molecular weight is 259 g/mol. The quantitative estimate of drug-likeness (QED) is 0.775. The van der Waals surface area contributed by atoms with Crippen LogP contribution in [-0.4, -0.2) is 30.3 Å². The van der Waals surface area contributed by atoms with Gasteiger partial charge in [0.25, 0.3) is 0 Å². The number of likely N-dealkylation sites (tertiary alicyclic amines) is 1. The Morgan fingerprint density at radius 1 is 1.26 bits per heavy atom. The zero-order valence-electron chi connectivity index (χ0n) is 12.6. The van der Waals surface area contributed by atoms with E-state index >= 15 is 0 Å². The molecule has 1 heterocycles. The van der Waals surface area contributed by atoms with Crippen LogP contribution in [0.15, 0.2) is 18.2 Å². The van der Waals surface area contributed by atoms with Gasteiger partial charge in [0.1, 0.15) is 0 Å². The molecule has 2 atom stereocenters. The second kappa shape index (κ2) is 5.87. The number of carbonyl (C=O) groups is 1. The number of benzene rings is 1. The molecule has 19 heavy (non-hydrogen) atoms. The van der Waals surface area contributed by atoms with Crippen molar-refractivity contribution in [2.45, 2.75) is 34.1 Å². The van der Waals surface area contributed by atoms with Crippen molar-refractivity contribution in [1.29, 1.82) is 0 Å². The standard InChI is InChI=1S/C17H25NO/c1-12-5-6-14(3)16(9-12)17(19)11-18-8-7-13(2)15(4)10-18/h5-6,9,13,15H,7-8,10-11H2,1-4H3. The van der Waals surface area contributed by atoms with Gasteiger partial charge in [-0.3, -0.25) is 9.69 Å². The lowest BCUT2D eigenvalue weighted by Crippen LogP contribution is -2.41. The minimum Gasteiger partial charge on any atom is -0.296 e. The van der Waals surface area contributed by atoms with Crippen molar-refractivity contribution >= 4 is 5.78 Å². The van der Waals surface area contributed by atoms with Gasteiger partial charge in [-0.05, 0) is 50.3 Å². The Bertz CT molecular complexity index is 466. The number of carbonyl (C=O) groups excluding carboxylic acids is 1. The fraction of sp³-hybridized carbons (Fsp3) is 0.588. The Kier molecular flexibility index (Phi) is 4.41. The molecule has 1 fully saturated rings. The highest BCUT2D eigenvalue weighted by molar-refractivity contribution is 5.99. The van der Waals surface area contributed by atoms with Crippen molar-refractivity contribution in [3.05, 3.63) is 34.9 Å². The molecule has 1 aliphatic heterocycles. The summed E-state index contributed by atoms with van der Waals surface area (Å²) in [6.07, 6.45) is 1.21. The predicted molar refractivity (Wildman–Crippen MR) is 79.6 cm³/mol. The molecule has 104 valence electrons. The van der Waals surface area contributed by atoms with Crippen LogP contribution in [-0.2, 0) is 0 Å². The van der Waals surface area contributed by atoms with Gasteiger partial charge >= 0.3 is 0 Å². The first-order valence-electron chi connectivity index (χ1n) is 7.30. The first kappa shape index (κ1) is 14.3. The molecule has 0 saturated carbocycles. The molecule has 0 aromatic heterocycles. The zero-order valence-corrected chi connectivity index (χ0v) is 12.6. The molecule has 2 heteroatoms. The molecule has 0 bridgehead atoms. The van der Waals surface area contributed by atoms with Crippen molar-refractivity contribution in [3.63, 3.8) is 0 Å². The van der Waals surface area contributed by atoms with E-state index in [0.29, 0.717) is 12.5 Å². The van der Waals surface area contributed by atoms with E-state index in [1.54, 1.807) is 0 Å². The maximum atomic E-state index is 12.4. The fourth-order valence-electron chi connectivity index (χ4n) is 2.82. The van der Waals surface area contributed by atoms with E-state index in [0.717, 1.165) is 35.7 Å². The molecule has 2 unspecified atom stereocenters. The Labute approximate surface area is 116 Å². The summed E-state index contributed by atoms with van der Waals surface area (Å²) in [4.78, 5) is 14.7. The van der Waals surface area contributed by atoms with Gasteiger partial charge in [0.15, 0.2) is 5.78 Å². The number of rotatable bonds is 3. The van der Waals surface area contributed by atoms with E-state index in [2.05, 4.69) is 24.8 Å². The fourth-order valence-corrected chi connectivity index (χ4v) is 2.82. The molecule has 2 nitrogen and oxygen atoms in total. The smallest absolute Gasteiger partial charge is 0.177 e. The Balaban J connectivity index is 2.03. The summed E-state index contributed by atoms with van der Waals surface area (Å²) in [7, 11) is 0.